The summed E-state index contributed by atoms with van der Waals surface area (Å²) in [4.78, 5) is 41.0. The van der Waals surface area contributed by atoms with Gasteiger partial charge in [-0.2, -0.15) is 0 Å². The molecule has 0 radical (unpaired) electrons. The highest BCUT2D eigenvalue weighted by atomic mass is 35.5. The van der Waals surface area contributed by atoms with Gasteiger partial charge < -0.3 is 15.1 Å². The highest BCUT2D eigenvalue weighted by molar-refractivity contribution is 6.35. The molecule has 6 nitrogen and oxygen atoms in total. The number of piperazine rings is 1. The third kappa shape index (κ3) is 2.87. The second kappa shape index (κ2) is 6.18. The molecule has 3 aliphatic rings. The molecule has 3 saturated heterocycles. The SMILES string of the molecule is O=C(N[C@H]1C[C@H]2C(=O)N3CCC[C@@H]3C(=O)N2C1)c1cc(Cl)cc(Cl)c1. The van der Waals surface area contributed by atoms with Crippen LogP contribution in [0.15, 0.2) is 18.2 Å². The van der Waals surface area contributed by atoms with Crippen LogP contribution in [0.4, 0.5) is 0 Å². The van der Waals surface area contributed by atoms with Gasteiger partial charge in [0.2, 0.25) is 11.8 Å². The van der Waals surface area contributed by atoms with Crippen LogP contribution in [0.1, 0.15) is 29.6 Å². The average molecular weight is 382 g/mol. The van der Waals surface area contributed by atoms with Gasteiger partial charge >= 0.3 is 0 Å². The Kier molecular flexibility index (Phi) is 4.12. The number of carbonyl (C=O) groups excluding carboxylic acids is 3. The van der Waals surface area contributed by atoms with Crippen LogP contribution >= 0.6 is 23.2 Å². The van der Waals surface area contributed by atoms with Gasteiger partial charge in [-0.3, -0.25) is 14.4 Å². The Hall–Kier alpha value is -1.79. The minimum absolute atomic E-state index is 0.00430. The molecule has 3 fully saturated rings. The summed E-state index contributed by atoms with van der Waals surface area (Å²) in [6.07, 6.45) is 2.04. The first-order valence-electron chi connectivity index (χ1n) is 8.32. The fraction of sp³-hybridized carbons (Fsp3) is 0.471. The van der Waals surface area contributed by atoms with E-state index in [9.17, 15) is 14.4 Å². The molecule has 3 atom stereocenters. The first-order chi connectivity index (χ1) is 11.9. The summed E-state index contributed by atoms with van der Waals surface area (Å²) in [5.74, 6) is -0.302. The second-order valence-electron chi connectivity index (χ2n) is 6.76. The van der Waals surface area contributed by atoms with Crippen molar-refractivity contribution in [1.29, 1.82) is 0 Å². The van der Waals surface area contributed by atoms with Crippen molar-refractivity contribution in [1.82, 2.24) is 15.1 Å². The lowest BCUT2D eigenvalue weighted by atomic mass is 10.1. The van der Waals surface area contributed by atoms with E-state index in [1.807, 2.05) is 0 Å². The Balaban J connectivity index is 1.48. The highest BCUT2D eigenvalue weighted by Crippen LogP contribution is 2.32. The molecule has 0 unspecified atom stereocenters. The molecule has 3 amide bonds. The first kappa shape index (κ1) is 16.7. The van der Waals surface area contributed by atoms with Gasteiger partial charge in [-0.05, 0) is 37.5 Å². The van der Waals surface area contributed by atoms with Crippen molar-refractivity contribution >= 4 is 40.9 Å². The zero-order chi connectivity index (χ0) is 17.7. The molecule has 1 aromatic rings. The zero-order valence-corrected chi connectivity index (χ0v) is 14.9. The topological polar surface area (TPSA) is 69.7 Å². The number of benzene rings is 1. The highest BCUT2D eigenvalue weighted by Gasteiger charge is 2.51. The van der Waals surface area contributed by atoms with Gasteiger partial charge in [-0.25, -0.2) is 0 Å². The van der Waals surface area contributed by atoms with Gasteiger partial charge in [0.25, 0.3) is 5.91 Å². The summed E-state index contributed by atoms with van der Waals surface area (Å²) in [7, 11) is 0. The van der Waals surface area contributed by atoms with Gasteiger partial charge in [0.15, 0.2) is 0 Å². The molecular formula is C17H17Cl2N3O3. The third-order valence-electron chi connectivity index (χ3n) is 5.15. The molecule has 0 bridgehead atoms. The summed E-state index contributed by atoms with van der Waals surface area (Å²) in [5, 5.41) is 3.66. The molecule has 0 aromatic heterocycles. The number of nitrogens with one attached hydrogen (secondary N) is 1. The maximum absolute atomic E-state index is 12.6. The lowest BCUT2D eigenvalue weighted by molar-refractivity contribution is -0.156. The average Bonchev–Trinajstić information content (AvgIpc) is 3.19. The van der Waals surface area contributed by atoms with Crippen molar-refractivity contribution in [3.63, 3.8) is 0 Å². The van der Waals surface area contributed by atoms with E-state index < -0.39 is 6.04 Å². The maximum atomic E-state index is 12.6. The molecule has 25 heavy (non-hydrogen) atoms. The largest absolute Gasteiger partial charge is 0.347 e. The van der Waals surface area contributed by atoms with Crippen molar-refractivity contribution in [3.8, 4) is 0 Å². The molecule has 0 spiro atoms. The number of nitrogens with zero attached hydrogens (tertiary/aromatic N) is 2. The predicted molar refractivity (Wildman–Crippen MR) is 92.6 cm³/mol. The number of hydrogen-bond acceptors (Lipinski definition) is 3. The molecule has 8 heteroatoms. The van der Waals surface area contributed by atoms with Crippen LogP contribution in [0.2, 0.25) is 10.0 Å². The summed E-state index contributed by atoms with van der Waals surface area (Å²) in [5.41, 5.74) is 0.362. The van der Waals surface area contributed by atoms with Crippen LogP contribution in [-0.2, 0) is 9.59 Å². The first-order valence-corrected chi connectivity index (χ1v) is 9.07. The van der Waals surface area contributed by atoms with E-state index in [1.54, 1.807) is 15.9 Å². The zero-order valence-electron chi connectivity index (χ0n) is 13.4. The molecule has 1 aromatic carbocycles. The van der Waals surface area contributed by atoms with Crippen LogP contribution in [0.5, 0.6) is 0 Å². The van der Waals surface area contributed by atoms with Gasteiger partial charge in [0.1, 0.15) is 12.1 Å². The number of halogens is 2. The number of amides is 3. The number of hydrogen-bond donors (Lipinski definition) is 1. The number of carbonyl (C=O) groups is 3. The quantitative estimate of drug-likeness (QED) is 0.847. The van der Waals surface area contributed by atoms with E-state index in [-0.39, 0.29) is 29.8 Å². The van der Waals surface area contributed by atoms with Gasteiger partial charge in [-0.1, -0.05) is 23.2 Å². The Morgan fingerprint density at radius 2 is 1.72 bits per heavy atom. The molecule has 0 saturated carbocycles. The van der Waals surface area contributed by atoms with Crippen LogP contribution in [0.25, 0.3) is 0 Å². The molecular weight excluding hydrogens is 365 g/mol. The standard InChI is InChI=1S/C17H17Cl2N3O3/c18-10-4-9(5-11(19)6-10)15(23)20-12-7-14-17(25)21-3-1-2-13(21)16(24)22(14)8-12/h4-6,12-14H,1-3,7-8H2,(H,20,23)/t12-,13+,14-/m0/s1. The Morgan fingerprint density at radius 1 is 1.04 bits per heavy atom. The molecule has 3 heterocycles. The predicted octanol–water partition coefficient (Wildman–Crippen LogP) is 1.70. The van der Waals surface area contributed by atoms with E-state index in [0.29, 0.717) is 35.1 Å². The summed E-state index contributed by atoms with van der Waals surface area (Å²) in [6, 6.07) is 3.60. The minimum Gasteiger partial charge on any atom is -0.347 e. The lowest BCUT2D eigenvalue weighted by Gasteiger charge is -2.38. The van der Waals surface area contributed by atoms with Crippen molar-refractivity contribution in [3.05, 3.63) is 33.8 Å². The molecule has 3 aliphatic heterocycles. The Morgan fingerprint density at radius 3 is 2.44 bits per heavy atom. The Bertz CT molecular complexity index is 719. The van der Waals surface area contributed by atoms with Crippen molar-refractivity contribution in [2.24, 2.45) is 0 Å². The van der Waals surface area contributed by atoms with Crippen molar-refractivity contribution in [2.45, 2.75) is 37.4 Å². The smallest absolute Gasteiger partial charge is 0.251 e. The minimum atomic E-state index is -0.463. The monoisotopic (exact) mass is 381 g/mol. The fourth-order valence-electron chi connectivity index (χ4n) is 4.04. The van der Waals surface area contributed by atoms with E-state index in [0.717, 1.165) is 12.8 Å². The number of rotatable bonds is 2. The van der Waals surface area contributed by atoms with Gasteiger partial charge in [0.05, 0.1) is 0 Å². The van der Waals surface area contributed by atoms with E-state index in [1.165, 1.54) is 12.1 Å². The lowest BCUT2D eigenvalue weighted by Crippen LogP contribution is -2.60. The normalized spacial score (nSPS) is 28.2. The Labute approximate surface area is 155 Å². The van der Waals surface area contributed by atoms with E-state index >= 15 is 0 Å². The van der Waals surface area contributed by atoms with Crippen LogP contribution < -0.4 is 5.32 Å². The third-order valence-corrected chi connectivity index (χ3v) is 5.59. The second-order valence-corrected chi connectivity index (χ2v) is 7.63. The van der Waals surface area contributed by atoms with Crippen LogP contribution in [-0.4, -0.2) is 58.7 Å². The van der Waals surface area contributed by atoms with Crippen molar-refractivity contribution in [2.75, 3.05) is 13.1 Å². The number of fused-ring (bicyclic) bond motifs is 2. The van der Waals surface area contributed by atoms with Gasteiger partial charge in [-0.15, -0.1) is 0 Å². The molecule has 0 aliphatic carbocycles. The summed E-state index contributed by atoms with van der Waals surface area (Å²) in [6.45, 7) is 1.01. The molecule has 1 N–H and O–H groups in total. The van der Waals surface area contributed by atoms with Crippen molar-refractivity contribution < 1.29 is 14.4 Å². The maximum Gasteiger partial charge on any atom is 0.251 e. The van der Waals surface area contributed by atoms with Gasteiger partial charge in [0, 0.05) is 34.7 Å². The van der Waals surface area contributed by atoms with E-state index in [4.69, 9.17) is 23.2 Å². The fourth-order valence-corrected chi connectivity index (χ4v) is 4.57. The summed E-state index contributed by atoms with van der Waals surface area (Å²) >= 11 is 11.9. The summed E-state index contributed by atoms with van der Waals surface area (Å²) < 4.78 is 0. The molecule has 4 rings (SSSR count). The van der Waals surface area contributed by atoms with Crippen LogP contribution in [0, 0.1) is 0 Å². The van der Waals surface area contributed by atoms with E-state index in [2.05, 4.69) is 5.32 Å². The molecule has 132 valence electrons. The van der Waals surface area contributed by atoms with Crippen LogP contribution in [0.3, 0.4) is 0 Å².